The smallest absolute Gasteiger partial charge is 0.322 e. The Bertz CT molecular complexity index is 1060. The Morgan fingerprint density at radius 1 is 1.28 bits per heavy atom. The molecule has 0 amide bonds. The molecule has 1 aromatic heterocycles. The highest BCUT2D eigenvalue weighted by atomic mass is 16.5. The van der Waals surface area contributed by atoms with Gasteiger partial charge in [-0.25, -0.2) is 0 Å². The van der Waals surface area contributed by atoms with Crippen molar-refractivity contribution in [3.05, 3.63) is 53.5 Å². The minimum atomic E-state index is -1.29. The van der Waals surface area contributed by atoms with Crippen LogP contribution in [0.15, 0.2) is 41.0 Å². The number of benzene rings is 1. The molecule has 0 N–H and O–H groups in total. The molecule has 6 rings (SSSR count). The van der Waals surface area contributed by atoms with Crippen LogP contribution in [0, 0.1) is 17.3 Å². The van der Waals surface area contributed by atoms with E-state index in [-0.39, 0.29) is 47.5 Å². The number of methoxy groups -OCH3 is 1. The molecule has 3 fully saturated rings. The lowest BCUT2D eigenvalue weighted by Crippen LogP contribution is -2.77. The van der Waals surface area contributed by atoms with Gasteiger partial charge in [-0.3, -0.25) is 14.5 Å². The molecular formula is C26H31NO5. The van der Waals surface area contributed by atoms with Crippen molar-refractivity contribution in [3.8, 4) is 5.75 Å². The first-order valence-electron chi connectivity index (χ1n) is 11.5. The molecule has 0 spiro atoms. The van der Waals surface area contributed by atoms with E-state index in [1.54, 1.807) is 26.2 Å². The predicted octanol–water partition coefficient (Wildman–Crippen LogP) is 3.87. The van der Waals surface area contributed by atoms with Crippen molar-refractivity contribution in [1.29, 1.82) is 0 Å². The molecule has 6 heteroatoms. The molecule has 4 unspecified atom stereocenters. The van der Waals surface area contributed by atoms with Crippen molar-refractivity contribution in [1.82, 2.24) is 4.90 Å². The van der Waals surface area contributed by atoms with Crippen LogP contribution < -0.4 is 4.74 Å². The Balaban J connectivity index is 1.69. The van der Waals surface area contributed by atoms with Gasteiger partial charge in [-0.1, -0.05) is 19.9 Å². The van der Waals surface area contributed by atoms with E-state index in [1.807, 2.05) is 6.07 Å². The highest BCUT2D eigenvalue weighted by Crippen LogP contribution is 2.65. The second-order valence-electron chi connectivity index (χ2n) is 9.81. The summed E-state index contributed by atoms with van der Waals surface area (Å²) in [6, 6.07) is 9.66. The first-order valence-corrected chi connectivity index (χ1v) is 11.5. The molecular weight excluding hydrogens is 406 g/mol. The van der Waals surface area contributed by atoms with Gasteiger partial charge < -0.3 is 13.9 Å². The van der Waals surface area contributed by atoms with Crippen LogP contribution in [0.25, 0.3) is 0 Å². The summed E-state index contributed by atoms with van der Waals surface area (Å²) in [6.45, 7) is 6.39. The fraction of sp³-hybridized carbons (Fsp3) is 0.538. The normalized spacial score (nSPS) is 35.3. The van der Waals surface area contributed by atoms with Gasteiger partial charge >= 0.3 is 5.97 Å². The summed E-state index contributed by atoms with van der Waals surface area (Å²) < 4.78 is 16.6. The number of hydrogen-bond acceptors (Lipinski definition) is 6. The maximum absolute atomic E-state index is 14.0. The molecule has 6 nitrogen and oxygen atoms in total. The Kier molecular flexibility index (Phi) is 4.79. The molecule has 32 heavy (non-hydrogen) atoms. The molecule has 4 bridgehead atoms. The van der Waals surface area contributed by atoms with E-state index in [4.69, 9.17) is 13.9 Å². The molecule has 2 aliphatic heterocycles. The second-order valence-corrected chi connectivity index (χ2v) is 9.81. The third-order valence-corrected chi connectivity index (χ3v) is 8.66. The van der Waals surface area contributed by atoms with E-state index in [1.165, 1.54) is 17.4 Å². The van der Waals surface area contributed by atoms with Crippen LogP contribution >= 0.6 is 0 Å². The molecule has 6 atom stereocenters. The van der Waals surface area contributed by atoms with Gasteiger partial charge in [0, 0.05) is 12.1 Å². The highest BCUT2D eigenvalue weighted by molar-refractivity contribution is 6.12. The number of rotatable bonds is 5. The summed E-state index contributed by atoms with van der Waals surface area (Å²) in [5, 5.41) is 0. The minimum Gasteiger partial charge on any atom is -0.497 e. The number of Topliss-reactive ketones (excluding diaryl/α,β-unsaturated/α-hetero) is 1. The maximum atomic E-state index is 14.0. The van der Waals surface area contributed by atoms with Crippen LogP contribution in [0.3, 0.4) is 0 Å². The molecule has 170 valence electrons. The molecule has 2 aromatic rings. The average molecular weight is 438 g/mol. The largest absolute Gasteiger partial charge is 0.497 e. The molecule has 1 aromatic carbocycles. The predicted molar refractivity (Wildman–Crippen MR) is 119 cm³/mol. The van der Waals surface area contributed by atoms with Crippen molar-refractivity contribution in [2.45, 2.75) is 51.1 Å². The number of hydrogen-bond donors (Lipinski definition) is 0. The van der Waals surface area contributed by atoms with Crippen molar-refractivity contribution < 1.29 is 23.5 Å². The lowest BCUT2D eigenvalue weighted by molar-refractivity contribution is -0.191. The molecule has 0 radical (unpaired) electrons. The number of esters is 1. The molecule has 2 saturated heterocycles. The Hall–Kier alpha value is -2.60. The van der Waals surface area contributed by atoms with Gasteiger partial charge in [-0.05, 0) is 79.5 Å². The highest BCUT2D eigenvalue weighted by Gasteiger charge is 2.73. The fourth-order valence-electron chi connectivity index (χ4n) is 7.36. The van der Waals surface area contributed by atoms with E-state index < -0.39 is 11.4 Å². The summed E-state index contributed by atoms with van der Waals surface area (Å²) in [4.78, 5) is 29.9. The van der Waals surface area contributed by atoms with Gasteiger partial charge in [-0.2, -0.15) is 0 Å². The topological polar surface area (TPSA) is 69.0 Å². The van der Waals surface area contributed by atoms with Crippen LogP contribution in [-0.2, 0) is 21.4 Å². The number of ketones is 1. The summed E-state index contributed by atoms with van der Waals surface area (Å²) >= 11 is 0. The number of fused-ring (bicyclic) bond motifs is 2. The summed E-state index contributed by atoms with van der Waals surface area (Å²) in [6.07, 6.45) is 3.07. The number of piperidine rings is 2. The Morgan fingerprint density at radius 3 is 2.72 bits per heavy atom. The zero-order valence-electron chi connectivity index (χ0n) is 19.4. The summed E-state index contributed by atoms with van der Waals surface area (Å²) in [7, 11) is 3.75. The van der Waals surface area contributed by atoms with Crippen molar-refractivity contribution in [2.75, 3.05) is 20.8 Å². The van der Waals surface area contributed by atoms with Crippen molar-refractivity contribution in [3.63, 3.8) is 0 Å². The minimum absolute atomic E-state index is 0.112. The maximum Gasteiger partial charge on any atom is 0.322 e. The van der Waals surface area contributed by atoms with E-state index in [2.05, 4.69) is 37.9 Å². The van der Waals surface area contributed by atoms with E-state index >= 15 is 0 Å². The van der Waals surface area contributed by atoms with Crippen molar-refractivity contribution >= 4 is 11.8 Å². The second kappa shape index (κ2) is 7.20. The van der Waals surface area contributed by atoms with Crippen LogP contribution in [-0.4, -0.2) is 49.5 Å². The first-order chi connectivity index (χ1) is 15.3. The molecule has 2 aliphatic carbocycles. The van der Waals surface area contributed by atoms with Crippen LogP contribution in [0.5, 0.6) is 5.75 Å². The Morgan fingerprint density at radius 2 is 2.06 bits per heavy atom. The van der Waals surface area contributed by atoms with Gasteiger partial charge in [0.15, 0.2) is 11.2 Å². The van der Waals surface area contributed by atoms with E-state index in [0.29, 0.717) is 6.42 Å². The van der Waals surface area contributed by atoms with Gasteiger partial charge in [0.25, 0.3) is 0 Å². The van der Waals surface area contributed by atoms with E-state index in [0.717, 1.165) is 12.2 Å². The van der Waals surface area contributed by atoms with Gasteiger partial charge in [0.1, 0.15) is 5.75 Å². The number of likely N-dealkylation sites (N-methyl/N-ethyl adjacent to an activating group) is 1. The first kappa shape index (κ1) is 21.3. The Labute approximate surface area is 188 Å². The standard InChI is InChI=1S/C26H31NO5/c1-6-31-24(29)26(23(28)20-8-7-11-32-20)15(2)22-19-12-16-9-10-17(30-5)13-18(16)25(22,3)14-21(26)27(19)4/h7-11,13,15,19,21-22H,6,12,14H2,1-5H3/t15-,19?,21?,22?,25-,26?/m1/s1. The van der Waals surface area contributed by atoms with Gasteiger partial charge in [0.05, 0.1) is 20.0 Å². The van der Waals surface area contributed by atoms with E-state index in [9.17, 15) is 9.59 Å². The number of ether oxygens (including phenoxy) is 2. The number of carbonyl (C=O) groups is 2. The third-order valence-electron chi connectivity index (χ3n) is 8.66. The van der Waals surface area contributed by atoms with Crippen LogP contribution in [0.4, 0.5) is 0 Å². The number of furan rings is 1. The lowest BCUT2D eigenvalue weighted by atomic mass is 9.41. The van der Waals surface area contributed by atoms with Crippen LogP contribution in [0.2, 0.25) is 0 Å². The molecule has 3 heterocycles. The zero-order chi connectivity index (χ0) is 22.8. The lowest BCUT2D eigenvalue weighted by Gasteiger charge is -2.69. The third kappa shape index (κ3) is 2.50. The SMILES string of the molecule is CCOC(=O)C1(C(=O)c2ccco2)C2C[C@]3(C)c4cc(OC)ccc4CC(C3[C@H]1C)N2C. The monoisotopic (exact) mass is 437 g/mol. The summed E-state index contributed by atoms with van der Waals surface area (Å²) in [5.74, 6) is 0.284. The molecule has 1 saturated carbocycles. The number of carbonyl (C=O) groups excluding carboxylic acids is 2. The van der Waals surface area contributed by atoms with Crippen molar-refractivity contribution in [2.24, 2.45) is 17.3 Å². The van der Waals surface area contributed by atoms with Gasteiger partial charge in [0.2, 0.25) is 5.78 Å². The fourth-order valence-corrected chi connectivity index (χ4v) is 7.36. The summed E-state index contributed by atoms with van der Waals surface area (Å²) in [5.41, 5.74) is 1.15. The average Bonchev–Trinajstić information content (AvgIpc) is 3.31. The van der Waals surface area contributed by atoms with Crippen LogP contribution in [0.1, 0.15) is 48.9 Å². The number of nitrogens with zero attached hydrogens (tertiary/aromatic N) is 1. The zero-order valence-corrected chi connectivity index (χ0v) is 19.4. The quantitative estimate of drug-likeness (QED) is 0.402. The van der Waals surface area contributed by atoms with Gasteiger partial charge in [-0.15, -0.1) is 0 Å². The molecule has 4 aliphatic rings.